The van der Waals surface area contributed by atoms with Crippen LogP contribution in [-0.4, -0.2) is 34.9 Å². The number of hydrogen-bond acceptors (Lipinski definition) is 7. The Kier molecular flexibility index (Phi) is 5.90. The van der Waals surface area contributed by atoms with Gasteiger partial charge in [0.1, 0.15) is 0 Å². The summed E-state index contributed by atoms with van der Waals surface area (Å²) < 4.78 is 17.2. The molecule has 2 aromatic carbocycles. The molecule has 0 aliphatic rings. The van der Waals surface area contributed by atoms with Crippen molar-refractivity contribution in [2.24, 2.45) is 0 Å². The van der Waals surface area contributed by atoms with Crippen LogP contribution >= 0.6 is 11.6 Å². The third-order valence-electron chi connectivity index (χ3n) is 4.51. The normalized spacial score (nSPS) is 10.7. The van der Waals surface area contributed by atoms with Crippen LogP contribution in [0.1, 0.15) is 15.9 Å². The Morgan fingerprint density at radius 1 is 1.10 bits per heavy atom. The fraction of sp³-hybridized carbons (Fsp3) is 0.136. The number of nitrogens with zero attached hydrogens (tertiary/aromatic N) is 3. The summed E-state index contributed by atoms with van der Waals surface area (Å²) in [6.45, 7) is 0.374. The molecule has 4 rings (SSSR count). The quantitative estimate of drug-likeness (QED) is 0.454. The Morgan fingerprint density at radius 2 is 1.94 bits per heavy atom. The van der Waals surface area contributed by atoms with Crippen molar-refractivity contribution in [2.45, 2.75) is 6.54 Å². The number of nitrogens with one attached hydrogen (secondary N) is 1. The summed E-state index contributed by atoms with van der Waals surface area (Å²) in [5.41, 5.74) is 1.29. The first-order valence-corrected chi connectivity index (χ1v) is 9.73. The van der Waals surface area contributed by atoms with Gasteiger partial charge in [-0.05, 0) is 48.0 Å². The maximum atomic E-state index is 13.1. The Hall–Kier alpha value is -3.78. The lowest BCUT2D eigenvalue weighted by Gasteiger charge is -2.11. The molecule has 0 fully saturated rings. The van der Waals surface area contributed by atoms with Gasteiger partial charge in [0.05, 0.1) is 20.5 Å². The minimum Gasteiger partial charge on any atom is -0.493 e. The van der Waals surface area contributed by atoms with Crippen molar-refractivity contribution in [2.75, 3.05) is 19.5 Å². The SMILES string of the molecule is COc1ccc(CNc2nc(-c3ccco3)nn2C(=O)c2cccc(Cl)c2)cc1OC. The van der Waals surface area contributed by atoms with Gasteiger partial charge >= 0.3 is 0 Å². The summed E-state index contributed by atoms with van der Waals surface area (Å²) in [5, 5.41) is 7.96. The van der Waals surface area contributed by atoms with Crippen LogP contribution in [0, 0.1) is 0 Å². The van der Waals surface area contributed by atoms with Gasteiger partial charge in [-0.15, -0.1) is 5.10 Å². The molecule has 31 heavy (non-hydrogen) atoms. The Labute approximate surface area is 183 Å². The topological polar surface area (TPSA) is 91.4 Å². The van der Waals surface area contributed by atoms with E-state index in [1.807, 2.05) is 18.2 Å². The molecule has 158 valence electrons. The van der Waals surface area contributed by atoms with Crippen LogP contribution in [0.4, 0.5) is 5.95 Å². The number of carbonyl (C=O) groups is 1. The van der Waals surface area contributed by atoms with E-state index in [0.29, 0.717) is 34.4 Å². The third kappa shape index (κ3) is 4.39. The molecule has 0 radical (unpaired) electrons. The largest absolute Gasteiger partial charge is 0.493 e. The second-order valence-corrected chi connectivity index (χ2v) is 6.94. The smallest absolute Gasteiger partial charge is 0.281 e. The number of carbonyl (C=O) groups excluding carboxylic acids is 1. The number of ether oxygens (including phenoxy) is 2. The first-order chi connectivity index (χ1) is 15.1. The molecule has 9 heteroatoms. The lowest BCUT2D eigenvalue weighted by atomic mass is 10.2. The van der Waals surface area contributed by atoms with E-state index in [0.717, 1.165) is 5.56 Å². The van der Waals surface area contributed by atoms with Crippen molar-refractivity contribution in [3.05, 3.63) is 77.0 Å². The van der Waals surface area contributed by atoms with Crippen molar-refractivity contribution >= 4 is 23.5 Å². The van der Waals surface area contributed by atoms with Crippen molar-refractivity contribution in [3.63, 3.8) is 0 Å². The molecule has 1 N–H and O–H groups in total. The van der Waals surface area contributed by atoms with E-state index in [1.54, 1.807) is 50.6 Å². The molecule has 0 saturated heterocycles. The van der Waals surface area contributed by atoms with Crippen LogP contribution in [0.5, 0.6) is 11.5 Å². The van der Waals surface area contributed by atoms with Crippen molar-refractivity contribution in [1.82, 2.24) is 14.8 Å². The van der Waals surface area contributed by atoms with Crippen LogP contribution in [0.25, 0.3) is 11.6 Å². The average molecular weight is 439 g/mol. The monoisotopic (exact) mass is 438 g/mol. The van der Waals surface area contributed by atoms with Gasteiger partial charge in [-0.1, -0.05) is 23.7 Å². The molecule has 0 unspecified atom stereocenters. The highest BCUT2D eigenvalue weighted by Gasteiger charge is 2.20. The summed E-state index contributed by atoms with van der Waals surface area (Å²) in [6, 6.07) is 15.6. The van der Waals surface area contributed by atoms with Crippen molar-refractivity contribution in [1.29, 1.82) is 0 Å². The molecule has 2 heterocycles. The molecule has 0 atom stereocenters. The molecule has 0 amide bonds. The third-order valence-corrected chi connectivity index (χ3v) is 4.75. The Bertz CT molecular complexity index is 1200. The highest BCUT2D eigenvalue weighted by Crippen LogP contribution is 2.28. The maximum absolute atomic E-state index is 13.1. The summed E-state index contributed by atoms with van der Waals surface area (Å²) in [4.78, 5) is 17.5. The number of furan rings is 1. The zero-order valence-electron chi connectivity index (χ0n) is 16.8. The Morgan fingerprint density at radius 3 is 2.65 bits per heavy atom. The minimum atomic E-state index is -0.373. The first kappa shape index (κ1) is 20.5. The molecule has 4 aromatic rings. The van der Waals surface area contributed by atoms with Crippen LogP contribution in [0.15, 0.2) is 65.3 Å². The van der Waals surface area contributed by atoms with Gasteiger partial charge in [0.15, 0.2) is 17.3 Å². The molecule has 8 nitrogen and oxygen atoms in total. The molecule has 0 aliphatic carbocycles. The number of halogens is 1. The van der Waals surface area contributed by atoms with Gasteiger partial charge in [0.25, 0.3) is 5.91 Å². The van der Waals surface area contributed by atoms with Crippen LogP contribution in [0.2, 0.25) is 5.02 Å². The molecule has 0 spiro atoms. The minimum absolute atomic E-state index is 0.270. The van der Waals surface area contributed by atoms with E-state index in [-0.39, 0.29) is 17.7 Å². The molecular formula is C22H19ClN4O4. The van der Waals surface area contributed by atoms with Crippen LogP contribution < -0.4 is 14.8 Å². The highest BCUT2D eigenvalue weighted by atomic mass is 35.5. The fourth-order valence-electron chi connectivity index (χ4n) is 2.99. The number of aromatic nitrogens is 3. The summed E-state index contributed by atoms with van der Waals surface area (Å²) in [7, 11) is 3.15. The molecule has 0 aliphatic heterocycles. The summed E-state index contributed by atoms with van der Waals surface area (Å²) in [5.74, 6) is 1.87. The fourth-order valence-corrected chi connectivity index (χ4v) is 3.18. The number of hydrogen-bond donors (Lipinski definition) is 1. The van der Waals surface area contributed by atoms with Crippen molar-refractivity contribution < 1.29 is 18.7 Å². The first-order valence-electron chi connectivity index (χ1n) is 9.35. The maximum Gasteiger partial charge on any atom is 0.281 e. The zero-order chi connectivity index (χ0) is 21.8. The highest BCUT2D eigenvalue weighted by molar-refractivity contribution is 6.31. The number of anilines is 1. The van der Waals surface area contributed by atoms with Gasteiger partial charge in [-0.3, -0.25) is 4.79 Å². The number of methoxy groups -OCH3 is 2. The van der Waals surface area contributed by atoms with E-state index in [2.05, 4.69) is 15.4 Å². The van der Waals surface area contributed by atoms with Gasteiger partial charge in [-0.25, -0.2) is 0 Å². The molecular weight excluding hydrogens is 420 g/mol. The molecule has 0 saturated carbocycles. The number of benzene rings is 2. The standard InChI is InChI=1S/C22H19ClN4O4/c1-29-17-9-8-14(11-19(17)30-2)13-24-22-25-20(18-7-4-10-31-18)26-27(22)21(28)15-5-3-6-16(23)12-15/h3-12H,13H2,1-2H3,(H,24,25,26). The van der Waals surface area contributed by atoms with E-state index in [1.165, 1.54) is 10.9 Å². The van der Waals surface area contributed by atoms with E-state index in [4.69, 9.17) is 25.5 Å². The van der Waals surface area contributed by atoms with Crippen molar-refractivity contribution in [3.8, 4) is 23.1 Å². The van der Waals surface area contributed by atoms with Gasteiger partial charge in [0.2, 0.25) is 11.8 Å². The van der Waals surface area contributed by atoms with Gasteiger partial charge in [0, 0.05) is 17.1 Å². The lowest BCUT2D eigenvalue weighted by Crippen LogP contribution is -2.17. The predicted octanol–water partition coefficient (Wildman–Crippen LogP) is 4.51. The average Bonchev–Trinajstić information content (AvgIpc) is 3.47. The van der Waals surface area contributed by atoms with Crippen LogP contribution in [0.3, 0.4) is 0 Å². The van der Waals surface area contributed by atoms with Gasteiger partial charge in [-0.2, -0.15) is 9.67 Å². The number of rotatable bonds is 7. The van der Waals surface area contributed by atoms with E-state index < -0.39 is 0 Å². The van der Waals surface area contributed by atoms with E-state index >= 15 is 0 Å². The predicted molar refractivity (Wildman–Crippen MR) is 116 cm³/mol. The summed E-state index contributed by atoms with van der Waals surface area (Å²) in [6.07, 6.45) is 1.52. The van der Waals surface area contributed by atoms with Gasteiger partial charge < -0.3 is 19.2 Å². The van der Waals surface area contributed by atoms with E-state index in [9.17, 15) is 4.79 Å². The summed E-state index contributed by atoms with van der Waals surface area (Å²) >= 11 is 6.05. The zero-order valence-corrected chi connectivity index (χ0v) is 17.6. The molecule has 2 aromatic heterocycles. The second-order valence-electron chi connectivity index (χ2n) is 6.51. The Balaban J connectivity index is 1.65. The van der Waals surface area contributed by atoms with Crippen LogP contribution in [-0.2, 0) is 6.54 Å². The second kappa shape index (κ2) is 8.93. The lowest BCUT2D eigenvalue weighted by molar-refractivity contribution is 0.0947. The molecule has 0 bridgehead atoms.